The molecule has 0 fully saturated rings. The molecule has 2 aromatic rings. The Hall–Kier alpha value is -1.56. The molecule has 0 atom stereocenters. The van der Waals surface area contributed by atoms with Crippen LogP contribution in [-0.4, -0.2) is 18.7 Å². The maximum atomic E-state index is 11.7. The molecule has 0 unspecified atom stereocenters. The molecule has 0 bridgehead atoms. The molecule has 1 N–H and O–H groups in total. The second kappa shape index (κ2) is 8.34. The highest BCUT2D eigenvalue weighted by Gasteiger charge is 2.05. The average molecular weight is 416 g/mol. The zero-order valence-electron chi connectivity index (χ0n) is 12.1. The number of hydrazone groups is 1. The normalized spacial score (nSPS) is 10.8. The molecule has 2 rings (SSSR count). The van der Waals surface area contributed by atoms with E-state index in [0.717, 1.165) is 10.0 Å². The second-order valence-electron chi connectivity index (χ2n) is 4.63. The summed E-state index contributed by atoms with van der Waals surface area (Å²) < 4.78 is 6.40. The number of rotatable bonds is 5. The molecule has 0 spiro atoms. The Labute approximate surface area is 152 Å². The Morgan fingerprint density at radius 3 is 2.65 bits per heavy atom. The summed E-state index contributed by atoms with van der Waals surface area (Å²) in [6.45, 7) is 1.76. The third kappa shape index (κ3) is 5.23. The molecule has 23 heavy (non-hydrogen) atoms. The minimum absolute atomic E-state index is 0.143. The van der Waals surface area contributed by atoms with E-state index in [1.165, 1.54) is 6.21 Å². The van der Waals surface area contributed by atoms with Crippen molar-refractivity contribution < 1.29 is 9.53 Å². The number of halogens is 3. The summed E-state index contributed by atoms with van der Waals surface area (Å²) in [5.41, 5.74) is 3.84. The van der Waals surface area contributed by atoms with E-state index in [2.05, 4.69) is 26.5 Å². The summed E-state index contributed by atoms with van der Waals surface area (Å²) in [6, 6.07) is 10.7. The summed E-state index contributed by atoms with van der Waals surface area (Å²) in [5.74, 6) is 0.258. The molecule has 2 aromatic carbocycles. The fourth-order valence-electron chi connectivity index (χ4n) is 1.75. The van der Waals surface area contributed by atoms with Crippen molar-refractivity contribution in [1.82, 2.24) is 5.43 Å². The molecule has 4 nitrogen and oxygen atoms in total. The van der Waals surface area contributed by atoms with Gasteiger partial charge in [0.15, 0.2) is 6.61 Å². The number of amides is 1. The van der Waals surface area contributed by atoms with Crippen molar-refractivity contribution in [3.63, 3.8) is 0 Å². The molecule has 0 aliphatic heterocycles. The maximum absolute atomic E-state index is 11.7. The van der Waals surface area contributed by atoms with Crippen LogP contribution in [0.3, 0.4) is 0 Å². The van der Waals surface area contributed by atoms with E-state index < -0.39 is 0 Å². The van der Waals surface area contributed by atoms with Gasteiger partial charge in [-0.25, -0.2) is 5.43 Å². The third-order valence-electron chi connectivity index (χ3n) is 2.88. The smallest absolute Gasteiger partial charge is 0.277 e. The quantitative estimate of drug-likeness (QED) is 0.573. The summed E-state index contributed by atoms with van der Waals surface area (Å²) in [6.07, 6.45) is 1.40. The monoisotopic (exact) mass is 414 g/mol. The third-order valence-corrected chi connectivity index (χ3v) is 4.03. The van der Waals surface area contributed by atoms with E-state index in [4.69, 9.17) is 27.9 Å². The molecule has 0 saturated carbocycles. The Balaban J connectivity index is 1.89. The van der Waals surface area contributed by atoms with Crippen LogP contribution in [-0.2, 0) is 4.79 Å². The van der Waals surface area contributed by atoms with Gasteiger partial charge in [0, 0.05) is 10.0 Å². The lowest BCUT2D eigenvalue weighted by Crippen LogP contribution is -2.24. The van der Waals surface area contributed by atoms with Gasteiger partial charge in [-0.3, -0.25) is 4.79 Å². The van der Waals surface area contributed by atoms with Crippen molar-refractivity contribution in [2.24, 2.45) is 5.10 Å². The number of carbonyl (C=O) groups is 1. The van der Waals surface area contributed by atoms with Gasteiger partial charge in [0.05, 0.1) is 16.3 Å². The van der Waals surface area contributed by atoms with E-state index in [9.17, 15) is 4.79 Å². The summed E-state index contributed by atoms with van der Waals surface area (Å²) in [7, 11) is 0. The molecular formula is C16H13BrCl2N2O2. The number of ether oxygens (including phenoxy) is 1. The first-order valence-corrected chi connectivity index (χ1v) is 8.17. The molecule has 1 amide bonds. The van der Waals surface area contributed by atoms with E-state index >= 15 is 0 Å². The van der Waals surface area contributed by atoms with Crippen LogP contribution < -0.4 is 10.2 Å². The number of nitrogens with one attached hydrogen (secondary N) is 1. The van der Waals surface area contributed by atoms with E-state index in [1.807, 2.05) is 19.1 Å². The van der Waals surface area contributed by atoms with E-state index in [-0.39, 0.29) is 12.5 Å². The topological polar surface area (TPSA) is 50.7 Å². The molecule has 0 aliphatic carbocycles. The Bertz CT molecular complexity index is 731. The fraction of sp³-hybridized carbons (Fsp3) is 0.125. The fourth-order valence-corrected chi connectivity index (χ4v) is 2.72. The van der Waals surface area contributed by atoms with Gasteiger partial charge in [-0.1, -0.05) is 45.2 Å². The Morgan fingerprint density at radius 1 is 1.30 bits per heavy atom. The van der Waals surface area contributed by atoms with Crippen LogP contribution in [0.25, 0.3) is 0 Å². The second-order valence-corrected chi connectivity index (χ2v) is 6.36. The number of aryl methyl sites for hydroxylation is 1. The van der Waals surface area contributed by atoms with Gasteiger partial charge < -0.3 is 4.74 Å². The number of hydrogen-bond acceptors (Lipinski definition) is 3. The Kier molecular flexibility index (Phi) is 6.45. The first-order chi connectivity index (χ1) is 11.0. The standard InChI is InChI=1S/C16H13BrCl2N2O2/c1-10-7-11(17)5-6-15(10)23-9-16(22)21-20-8-12-13(18)3-2-4-14(12)19/h2-8H,9H2,1H3,(H,21,22)/b20-8+. The molecule has 120 valence electrons. The number of nitrogens with zero attached hydrogens (tertiary/aromatic N) is 1. The highest BCUT2D eigenvalue weighted by atomic mass is 79.9. The first kappa shape index (κ1) is 17.8. The number of benzene rings is 2. The predicted molar refractivity (Wildman–Crippen MR) is 96.6 cm³/mol. The van der Waals surface area contributed by atoms with Gasteiger partial charge in [-0.2, -0.15) is 5.10 Å². The molecule has 7 heteroatoms. The van der Waals surface area contributed by atoms with Gasteiger partial charge in [-0.15, -0.1) is 0 Å². The van der Waals surface area contributed by atoms with Gasteiger partial charge >= 0.3 is 0 Å². The maximum Gasteiger partial charge on any atom is 0.277 e. The van der Waals surface area contributed by atoms with Crippen molar-refractivity contribution in [2.75, 3.05) is 6.61 Å². The van der Waals surface area contributed by atoms with Crippen LogP contribution >= 0.6 is 39.1 Å². The van der Waals surface area contributed by atoms with Crippen LogP contribution in [0, 0.1) is 6.92 Å². The highest BCUT2D eigenvalue weighted by molar-refractivity contribution is 9.10. The van der Waals surface area contributed by atoms with Crippen molar-refractivity contribution >= 4 is 51.3 Å². The number of hydrogen-bond donors (Lipinski definition) is 1. The van der Waals surface area contributed by atoms with Gasteiger partial charge in [0.1, 0.15) is 5.75 Å². The SMILES string of the molecule is Cc1cc(Br)ccc1OCC(=O)N/N=C/c1c(Cl)cccc1Cl. The van der Waals surface area contributed by atoms with Crippen molar-refractivity contribution in [1.29, 1.82) is 0 Å². The zero-order valence-corrected chi connectivity index (χ0v) is 15.2. The molecule has 0 saturated heterocycles. The van der Waals surface area contributed by atoms with E-state index in [0.29, 0.717) is 21.4 Å². The van der Waals surface area contributed by atoms with Crippen LogP contribution in [0.2, 0.25) is 10.0 Å². The van der Waals surface area contributed by atoms with Crippen molar-refractivity contribution in [3.8, 4) is 5.75 Å². The summed E-state index contributed by atoms with van der Waals surface area (Å²) in [5, 5.41) is 4.74. The van der Waals surface area contributed by atoms with Crippen LogP contribution in [0.4, 0.5) is 0 Å². The van der Waals surface area contributed by atoms with Crippen molar-refractivity contribution in [2.45, 2.75) is 6.92 Å². The molecule has 0 aliphatic rings. The molecule has 0 radical (unpaired) electrons. The van der Waals surface area contributed by atoms with Crippen LogP contribution in [0.1, 0.15) is 11.1 Å². The first-order valence-electron chi connectivity index (χ1n) is 6.62. The highest BCUT2D eigenvalue weighted by Crippen LogP contribution is 2.22. The van der Waals surface area contributed by atoms with Gasteiger partial charge in [0.25, 0.3) is 5.91 Å². The molecule has 0 heterocycles. The largest absolute Gasteiger partial charge is 0.483 e. The van der Waals surface area contributed by atoms with Crippen LogP contribution in [0.5, 0.6) is 5.75 Å². The lowest BCUT2D eigenvalue weighted by molar-refractivity contribution is -0.123. The minimum atomic E-state index is -0.383. The van der Waals surface area contributed by atoms with Gasteiger partial charge in [-0.05, 0) is 42.8 Å². The molecular weight excluding hydrogens is 403 g/mol. The lowest BCUT2D eigenvalue weighted by Gasteiger charge is -2.08. The summed E-state index contributed by atoms with van der Waals surface area (Å²) >= 11 is 15.4. The van der Waals surface area contributed by atoms with Crippen LogP contribution in [0.15, 0.2) is 46.0 Å². The lowest BCUT2D eigenvalue weighted by atomic mass is 10.2. The van der Waals surface area contributed by atoms with Gasteiger partial charge in [0.2, 0.25) is 0 Å². The summed E-state index contributed by atoms with van der Waals surface area (Å²) in [4.78, 5) is 11.7. The minimum Gasteiger partial charge on any atom is -0.483 e. The predicted octanol–water partition coefficient (Wildman–Crippen LogP) is 4.59. The Morgan fingerprint density at radius 2 is 2.00 bits per heavy atom. The molecule has 0 aromatic heterocycles. The van der Waals surface area contributed by atoms with E-state index in [1.54, 1.807) is 24.3 Å². The number of carbonyl (C=O) groups excluding carboxylic acids is 1. The zero-order chi connectivity index (χ0) is 16.8. The van der Waals surface area contributed by atoms with Crippen molar-refractivity contribution in [3.05, 3.63) is 62.0 Å². The average Bonchev–Trinajstić information content (AvgIpc) is 2.49.